The maximum absolute atomic E-state index is 5.76. The van der Waals surface area contributed by atoms with Crippen molar-refractivity contribution >= 4 is 11.3 Å². The number of rotatable bonds is 6. The van der Waals surface area contributed by atoms with E-state index in [2.05, 4.69) is 20.2 Å². The zero-order valence-electron chi connectivity index (χ0n) is 12.1. The van der Waals surface area contributed by atoms with Crippen LogP contribution in [0.4, 0.5) is 0 Å². The summed E-state index contributed by atoms with van der Waals surface area (Å²) in [5.74, 6) is 0.958. The van der Waals surface area contributed by atoms with Crippen LogP contribution in [0.25, 0.3) is 0 Å². The van der Waals surface area contributed by atoms with Crippen LogP contribution in [0, 0.1) is 0 Å². The van der Waals surface area contributed by atoms with Crippen molar-refractivity contribution in [2.24, 2.45) is 0 Å². The Morgan fingerprint density at radius 2 is 1.81 bits per heavy atom. The second-order valence-electron chi connectivity index (χ2n) is 5.26. The first-order valence-electron chi connectivity index (χ1n) is 7.40. The van der Waals surface area contributed by atoms with Gasteiger partial charge in [-0.05, 0) is 12.1 Å². The molecule has 1 fully saturated rings. The van der Waals surface area contributed by atoms with Gasteiger partial charge in [0, 0.05) is 44.6 Å². The average molecular weight is 303 g/mol. The molecule has 1 aliphatic rings. The Bertz CT molecular complexity index is 510. The van der Waals surface area contributed by atoms with E-state index in [0.717, 1.165) is 51.6 Å². The fraction of sp³-hybridized carbons (Fsp3) is 0.438. The highest BCUT2D eigenvalue weighted by molar-refractivity contribution is 7.07. The molecule has 21 heavy (non-hydrogen) atoms. The summed E-state index contributed by atoms with van der Waals surface area (Å²) < 4.78 is 5.76. The molecule has 0 N–H and O–H groups in total. The molecule has 112 valence electrons. The fourth-order valence-electron chi connectivity index (χ4n) is 2.53. The highest BCUT2D eigenvalue weighted by Crippen LogP contribution is 2.10. The Kier molecular flexibility index (Phi) is 5.21. The zero-order valence-corrected chi connectivity index (χ0v) is 13.0. The number of ether oxygens (including phenoxy) is 1. The Labute approximate surface area is 130 Å². The van der Waals surface area contributed by atoms with Crippen LogP contribution in [-0.4, -0.2) is 54.1 Å². The normalized spacial score (nSPS) is 17.0. The minimum atomic E-state index is 0.760. The van der Waals surface area contributed by atoms with E-state index in [0.29, 0.717) is 0 Å². The highest BCUT2D eigenvalue weighted by Gasteiger charge is 2.17. The molecule has 1 aromatic carbocycles. The number of para-hydroxylation sites is 1. The molecule has 1 aliphatic heterocycles. The Morgan fingerprint density at radius 1 is 1.05 bits per heavy atom. The number of hydrogen-bond acceptors (Lipinski definition) is 5. The van der Waals surface area contributed by atoms with Gasteiger partial charge in [0.25, 0.3) is 0 Å². The molecule has 0 bridgehead atoms. The van der Waals surface area contributed by atoms with Gasteiger partial charge in [0.15, 0.2) is 0 Å². The number of nitrogens with zero attached hydrogens (tertiary/aromatic N) is 3. The molecule has 2 heterocycles. The van der Waals surface area contributed by atoms with Crippen LogP contribution in [0.3, 0.4) is 0 Å². The van der Waals surface area contributed by atoms with Crippen molar-refractivity contribution in [2.75, 3.05) is 39.3 Å². The molecule has 2 aromatic rings. The standard InChI is InChI=1S/C16H21N3OS/c1-2-4-16(5-3-1)20-11-10-18-6-8-19(9-7-18)12-15-13-21-14-17-15/h1-5,13-14H,6-12H2. The summed E-state index contributed by atoms with van der Waals surface area (Å²) in [4.78, 5) is 9.30. The second-order valence-corrected chi connectivity index (χ2v) is 5.98. The molecule has 0 aliphatic carbocycles. The van der Waals surface area contributed by atoms with Crippen molar-refractivity contribution in [1.29, 1.82) is 0 Å². The van der Waals surface area contributed by atoms with Crippen molar-refractivity contribution in [3.05, 3.63) is 46.9 Å². The molecule has 5 heteroatoms. The number of piperazine rings is 1. The Balaban J connectivity index is 1.34. The molecule has 3 rings (SSSR count). The third kappa shape index (κ3) is 4.52. The predicted molar refractivity (Wildman–Crippen MR) is 85.8 cm³/mol. The van der Waals surface area contributed by atoms with Crippen molar-refractivity contribution in [3.63, 3.8) is 0 Å². The molecular formula is C16H21N3OS. The minimum absolute atomic E-state index is 0.760. The fourth-order valence-corrected chi connectivity index (χ4v) is 3.07. The molecule has 0 unspecified atom stereocenters. The molecule has 0 saturated carbocycles. The van der Waals surface area contributed by atoms with Crippen molar-refractivity contribution < 1.29 is 4.74 Å². The van der Waals surface area contributed by atoms with Crippen LogP contribution in [0.1, 0.15) is 5.69 Å². The molecular weight excluding hydrogens is 282 g/mol. The molecule has 4 nitrogen and oxygen atoms in total. The van der Waals surface area contributed by atoms with Crippen LogP contribution >= 0.6 is 11.3 Å². The van der Waals surface area contributed by atoms with Gasteiger partial charge in [-0.15, -0.1) is 11.3 Å². The summed E-state index contributed by atoms with van der Waals surface area (Å²) in [5, 5.41) is 2.14. The first-order valence-corrected chi connectivity index (χ1v) is 8.34. The third-order valence-corrected chi connectivity index (χ3v) is 4.39. The van der Waals surface area contributed by atoms with Crippen LogP contribution < -0.4 is 4.74 Å². The van der Waals surface area contributed by atoms with E-state index in [1.165, 1.54) is 5.69 Å². The molecule has 1 aromatic heterocycles. The van der Waals surface area contributed by atoms with Gasteiger partial charge in [-0.3, -0.25) is 9.80 Å². The van der Waals surface area contributed by atoms with E-state index in [4.69, 9.17) is 4.74 Å². The topological polar surface area (TPSA) is 28.6 Å². The van der Waals surface area contributed by atoms with Gasteiger partial charge < -0.3 is 4.74 Å². The summed E-state index contributed by atoms with van der Waals surface area (Å²) in [6, 6.07) is 10.0. The molecule has 0 spiro atoms. The quantitative estimate of drug-likeness (QED) is 0.819. The van der Waals surface area contributed by atoms with Gasteiger partial charge in [0.1, 0.15) is 12.4 Å². The van der Waals surface area contributed by atoms with Gasteiger partial charge in [0.05, 0.1) is 11.2 Å². The van der Waals surface area contributed by atoms with Gasteiger partial charge in [-0.25, -0.2) is 4.98 Å². The largest absolute Gasteiger partial charge is 0.492 e. The van der Waals surface area contributed by atoms with Gasteiger partial charge in [-0.2, -0.15) is 0 Å². The SMILES string of the molecule is c1ccc(OCCN2CCN(Cc3cscn3)CC2)cc1. The lowest BCUT2D eigenvalue weighted by Crippen LogP contribution is -2.47. The van der Waals surface area contributed by atoms with Gasteiger partial charge in [0.2, 0.25) is 0 Å². The van der Waals surface area contributed by atoms with Crippen LogP contribution in [0.15, 0.2) is 41.2 Å². The Hall–Kier alpha value is -1.43. The van der Waals surface area contributed by atoms with Gasteiger partial charge in [-0.1, -0.05) is 18.2 Å². The van der Waals surface area contributed by atoms with Crippen molar-refractivity contribution in [2.45, 2.75) is 6.54 Å². The molecule has 0 radical (unpaired) electrons. The summed E-state index contributed by atoms with van der Waals surface area (Å²) in [6.45, 7) is 7.20. The lowest BCUT2D eigenvalue weighted by Gasteiger charge is -2.34. The maximum Gasteiger partial charge on any atom is 0.119 e. The lowest BCUT2D eigenvalue weighted by molar-refractivity contribution is 0.112. The third-order valence-electron chi connectivity index (χ3n) is 3.75. The van der Waals surface area contributed by atoms with Gasteiger partial charge >= 0.3 is 0 Å². The van der Waals surface area contributed by atoms with E-state index in [1.54, 1.807) is 11.3 Å². The number of hydrogen-bond donors (Lipinski definition) is 0. The minimum Gasteiger partial charge on any atom is -0.492 e. The highest BCUT2D eigenvalue weighted by atomic mass is 32.1. The zero-order chi connectivity index (χ0) is 14.3. The van der Waals surface area contributed by atoms with E-state index >= 15 is 0 Å². The molecule has 0 amide bonds. The maximum atomic E-state index is 5.76. The summed E-state index contributed by atoms with van der Waals surface area (Å²) >= 11 is 1.67. The first kappa shape index (κ1) is 14.5. The monoisotopic (exact) mass is 303 g/mol. The lowest BCUT2D eigenvalue weighted by atomic mass is 10.3. The first-order chi connectivity index (χ1) is 10.4. The van der Waals surface area contributed by atoms with E-state index in [1.807, 2.05) is 35.8 Å². The number of aromatic nitrogens is 1. The number of benzene rings is 1. The van der Waals surface area contributed by atoms with E-state index < -0.39 is 0 Å². The Morgan fingerprint density at radius 3 is 2.52 bits per heavy atom. The summed E-state index contributed by atoms with van der Waals surface area (Å²) in [7, 11) is 0. The predicted octanol–water partition coefficient (Wildman–Crippen LogP) is 2.34. The van der Waals surface area contributed by atoms with Crippen molar-refractivity contribution in [3.8, 4) is 5.75 Å². The van der Waals surface area contributed by atoms with E-state index in [9.17, 15) is 0 Å². The molecule has 0 atom stereocenters. The van der Waals surface area contributed by atoms with Crippen LogP contribution in [0.5, 0.6) is 5.75 Å². The summed E-state index contributed by atoms with van der Waals surface area (Å²) in [6.07, 6.45) is 0. The summed E-state index contributed by atoms with van der Waals surface area (Å²) in [5.41, 5.74) is 3.10. The average Bonchev–Trinajstić information content (AvgIpc) is 3.03. The molecule has 1 saturated heterocycles. The van der Waals surface area contributed by atoms with E-state index in [-0.39, 0.29) is 0 Å². The second kappa shape index (κ2) is 7.54. The smallest absolute Gasteiger partial charge is 0.119 e. The van der Waals surface area contributed by atoms with Crippen LogP contribution in [0.2, 0.25) is 0 Å². The van der Waals surface area contributed by atoms with Crippen LogP contribution in [-0.2, 0) is 6.54 Å². The van der Waals surface area contributed by atoms with Crippen molar-refractivity contribution in [1.82, 2.24) is 14.8 Å². The number of thiazole rings is 1.